The van der Waals surface area contributed by atoms with Gasteiger partial charge >= 0.3 is 5.97 Å². The van der Waals surface area contributed by atoms with Gasteiger partial charge in [-0.15, -0.1) is 0 Å². The molecule has 0 aliphatic carbocycles. The van der Waals surface area contributed by atoms with Gasteiger partial charge in [0.2, 0.25) is 5.91 Å². The maximum atomic E-state index is 11.6. The summed E-state index contributed by atoms with van der Waals surface area (Å²) in [6.45, 7) is 0.512. The smallest absolute Gasteiger partial charge is 0.306 e. The van der Waals surface area contributed by atoms with Gasteiger partial charge < -0.3 is 14.9 Å². The van der Waals surface area contributed by atoms with Gasteiger partial charge in [-0.3, -0.25) is 9.59 Å². The summed E-state index contributed by atoms with van der Waals surface area (Å²) in [5.41, 5.74) is 2.10. The molecule has 0 aliphatic rings. The average molecular weight is 304 g/mol. The van der Waals surface area contributed by atoms with E-state index in [0.29, 0.717) is 13.0 Å². The molecule has 22 heavy (non-hydrogen) atoms. The van der Waals surface area contributed by atoms with Crippen LogP contribution in [0.15, 0.2) is 30.5 Å². The number of esters is 1. The fraction of sp³-hybridized carbons (Fsp3) is 0.375. The summed E-state index contributed by atoms with van der Waals surface area (Å²) in [7, 11) is 2.93. The third-order valence-corrected chi connectivity index (χ3v) is 3.46. The minimum absolute atomic E-state index is 0.102. The van der Waals surface area contributed by atoms with Crippen LogP contribution in [0.5, 0.6) is 0 Å². The first-order chi connectivity index (χ1) is 10.7. The van der Waals surface area contributed by atoms with Crippen molar-refractivity contribution < 1.29 is 19.2 Å². The van der Waals surface area contributed by atoms with Gasteiger partial charge in [-0.25, -0.2) is 0 Å². The van der Waals surface area contributed by atoms with E-state index in [1.807, 2.05) is 30.5 Å². The molecule has 6 nitrogen and oxygen atoms in total. The average Bonchev–Trinajstić information content (AvgIpc) is 2.91. The van der Waals surface area contributed by atoms with Crippen LogP contribution >= 0.6 is 0 Å². The number of rotatable bonds is 7. The van der Waals surface area contributed by atoms with Gasteiger partial charge in [-0.05, 0) is 18.1 Å². The molecule has 1 amide bonds. The van der Waals surface area contributed by atoms with Crippen LogP contribution in [0, 0.1) is 0 Å². The van der Waals surface area contributed by atoms with Crippen molar-refractivity contribution in [2.24, 2.45) is 0 Å². The van der Waals surface area contributed by atoms with Gasteiger partial charge in [0.25, 0.3) is 0 Å². The van der Waals surface area contributed by atoms with E-state index in [0.717, 1.165) is 16.5 Å². The zero-order valence-corrected chi connectivity index (χ0v) is 12.8. The number of nitrogens with one attached hydrogen (secondary N) is 1. The van der Waals surface area contributed by atoms with Crippen LogP contribution in [-0.2, 0) is 20.7 Å². The molecule has 1 aromatic heterocycles. The number of ether oxygens (including phenoxy) is 1. The highest BCUT2D eigenvalue weighted by molar-refractivity contribution is 5.84. The minimum atomic E-state index is -0.377. The van der Waals surface area contributed by atoms with Crippen molar-refractivity contribution in [3.63, 3.8) is 0 Å². The molecule has 1 heterocycles. The Balaban J connectivity index is 1.90. The SMILES string of the molecule is COC(=O)CCC(=O)NCCc1cn(OC)c2ccccc12. The predicted octanol–water partition coefficient (Wildman–Crippen LogP) is 1.31. The van der Waals surface area contributed by atoms with Crippen molar-refractivity contribution in [2.45, 2.75) is 19.3 Å². The van der Waals surface area contributed by atoms with Crippen molar-refractivity contribution in [2.75, 3.05) is 20.8 Å². The Morgan fingerprint density at radius 1 is 1.18 bits per heavy atom. The molecule has 1 aromatic carbocycles. The molecule has 2 rings (SSSR count). The fourth-order valence-electron chi connectivity index (χ4n) is 2.31. The predicted molar refractivity (Wildman–Crippen MR) is 82.4 cm³/mol. The lowest BCUT2D eigenvalue weighted by Crippen LogP contribution is -2.26. The number of fused-ring (bicyclic) bond motifs is 1. The highest BCUT2D eigenvalue weighted by Gasteiger charge is 2.09. The quantitative estimate of drug-likeness (QED) is 0.783. The number of carbonyl (C=O) groups excluding carboxylic acids is 2. The Labute approximate surface area is 129 Å². The summed E-state index contributed by atoms with van der Waals surface area (Å²) in [5, 5.41) is 3.91. The summed E-state index contributed by atoms with van der Waals surface area (Å²) >= 11 is 0. The summed E-state index contributed by atoms with van der Waals surface area (Å²) in [6, 6.07) is 7.94. The van der Waals surface area contributed by atoms with E-state index in [1.54, 1.807) is 11.8 Å². The van der Waals surface area contributed by atoms with Crippen molar-refractivity contribution in [1.82, 2.24) is 10.0 Å². The molecule has 0 bridgehead atoms. The summed E-state index contributed by atoms with van der Waals surface area (Å²) in [5.74, 6) is -0.529. The highest BCUT2D eigenvalue weighted by atomic mass is 16.6. The van der Waals surface area contributed by atoms with Crippen molar-refractivity contribution in [3.8, 4) is 0 Å². The molecule has 0 unspecified atom stereocenters. The number of amides is 1. The van der Waals surface area contributed by atoms with Crippen LogP contribution in [0.2, 0.25) is 0 Å². The van der Waals surface area contributed by atoms with Crippen LogP contribution in [0.4, 0.5) is 0 Å². The summed E-state index contributed by atoms with van der Waals surface area (Å²) in [6.07, 6.45) is 2.87. The van der Waals surface area contributed by atoms with Crippen molar-refractivity contribution >= 4 is 22.8 Å². The second-order valence-electron chi connectivity index (χ2n) is 4.86. The lowest BCUT2D eigenvalue weighted by Gasteiger charge is -2.04. The van der Waals surface area contributed by atoms with Gasteiger partial charge in [0.15, 0.2) is 0 Å². The van der Waals surface area contributed by atoms with Gasteiger partial charge in [-0.2, -0.15) is 4.73 Å². The maximum Gasteiger partial charge on any atom is 0.306 e. The lowest BCUT2D eigenvalue weighted by molar-refractivity contribution is -0.142. The zero-order chi connectivity index (χ0) is 15.9. The molecule has 0 fully saturated rings. The Bertz CT molecular complexity index is 663. The fourth-order valence-corrected chi connectivity index (χ4v) is 2.31. The molecule has 6 heteroatoms. The molecular formula is C16H20N2O4. The molecule has 0 atom stereocenters. The monoisotopic (exact) mass is 304 g/mol. The molecule has 0 saturated carbocycles. The number of methoxy groups -OCH3 is 1. The molecule has 0 radical (unpaired) electrons. The van der Waals surface area contributed by atoms with Gasteiger partial charge in [0.1, 0.15) is 7.11 Å². The van der Waals surface area contributed by atoms with E-state index in [-0.39, 0.29) is 24.7 Å². The first-order valence-corrected chi connectivity index (χ1v) is 7.12. The number of aromatic nitrogens is 1. The summed E-state index contributed by atoms with van der Waals surface area (Å²) in [4.78, 5) is 27.9. The molecular weight excluding hydrogens is 284 g/mol. The largest absolute Gasteiger partial charge is 0.469 e. The summed E-state index contributed by atoms with van der Waals surface area (Å²) < 4.78 is 6.21. The third kappa shape index (κ3) is 3.78. The third-order valence-electron chi connectivity index (χ3n) is 3.46. The van der Waals surface area contributed by atoms with E-state index >= 15 is 0 Å². The van der Waals surface area contributed by atoms with Gasteiger partial charge in [-0.1, -0.05) is 18.2 Å². The zero-order valence-electron chi connectivity index (χ0n) is 12.8. The molecule has 118 valence electrons. The van der Waals surface area contributed by atoms with Crippen molar-refractivity contribution in [3.05, 3.63) is 36.0 Å². The van der Waals surface area contributed by atoms with E-state index < -0.39 is 0 Å². The number of nitrogens with zero attached hydrogens (tertiary/aromatic N) is 1. The van der Waals surface area contributed by atoms with Crippen LogP contribution in [0.25, 0.3) is 10.9 Å². The Hall–Kier alpha value is -2.50. The lowest BCUT2D eigenvalue weighted by atomic mass is 10.1. The van der Waals surface area contributed by atoms with Crippen LogP contribution < -0.4 is 10.2 Å². The van der Waals surface area contributed by atoms with E-state index in [4.69, 9.17) is 4.84 Å². The molecule has 0 spiro atoms. The molecule has 0 aliphatic heterocycles. The number of benzene rings is 1. The van der Waals surface area contributed by atoms with E-state index in [2.05, 4.69) is 10.1 Å². The van der Waals surface area contributed by atoms with Crippen molar-refractivity contribution in [1.29, 1.82) is 0 Å². The van der Waals surface area contributed by atoms with Crippen LogP contribution in [-0.4, -0.2) is 37.4 Å². The Morgan fingerprint density at radius 2 is 1.95 bits per heavy atom. The van der Waals surface area contributed by atoms with E-state index in [9.17, 15) is 9.59 Å². The van der Waals surface area contributed by atoms with Gasteiger partial charge in [0, 0.05) is 24.5 Å². The van der Waals surface area contributed by atoms with E-state index in [1.165, 1.54) is 7.11 Å². The number of carbonyl (C=O) groups is 2. The molecule has 2 aromatic rings. The Morgan fingerprint density at radius 3 is 2.68 bits per heavy atom. The first kappa shape index (κ1) is 15.9. The normalized spacial score (nSPS) is 10.5. The maximum absolute atomic E-state index is 11.6. The standard InChI is InChI=1S/C16H20N2O4/c1-21-16(20)8-7-15(19)17-10-9-12-11-18(22-2)14-6-4-3-5-13(12)14/h3-6,11H,7-10H2,1-2H3,(H,17,19). The first-order valence-electron chi connectivity index (χ1n) is 7.12. The number of para-hydroxylation sites is 1. The van der Waals surface area contributed by atoms with Crippen LogP contribution in [0.1, 0.15) is 18.4 Å². The number of hydrogen-bond donors (Lipinski definition) is 1. The Kier molecular flexibility index (Phi) is 5.41. The number of hydrogen-bond acceptors (Lipinski definition) is 4. The topological polar surface area (TPSA) is 69.6 Å². The van der Waals surface area contributed by atoms with Crippen LogP contribution in [0.3, 0.4) is 0 Å². The second-order valence-corrected chi connectivity index (χ2v) is 4.86. The second kappa shape index (κ2) is 7.49. The highest BCUT2D eigenvalue weighted by Crippen LogP contribution is 2.20. The minimum Gasteiger partial charge on any atom is -0.469 e. The molecule has 0 saturated heterocycles. The molecule has 1 N–H and O–H groups in total. The van der Waals surface area contributed by atoms with Gasteiger partial charge in [0.05, 0.1) is 19.0 Å².